The summed E-state index contributed by atoms with van der Waals surface area (Å²) in [6, 6.07) is 6.25. The van der Waals surface area contributed by atoms with E-state index in [9.17, 15) is 13.6 Å². The third-order valence-electron chi connectivity index (χ3n) is 5.92. The smallest absolute Gasteiger partial charge is 0.270 e. The van der Waals surface area contributed by atoms with Crippen molar-refractivity contribution < 1.29 is 13.6 Å². The number of nitrogens with one attached hydrogen (secondary N) is 2. The van der Waals surface area contributed by atoms with Crippen LogP contribution in [0.3, 0.4) is 0 Å². The number of rotatable bonds is 3. The molecule has 0 atom stereocenters. The number of carbonyl (C=O) groups is 1. The number of carbonyl (C=O) groups excluding carboxylic acids is 1. The number of hydrogen-bond acceptors (Lipinski definition) is 2. The van der Waals surface area contributed by atoms with Crippen molar-refractivity contribution in [2.24, 2.45) is 0 Å². The SMILES string of the molecule is O=C(c1cc2c(C(F)F)cccc2[nH]1)N1CCc2n[nH]c(C3CCC3)c2C1. The summed E-state index contributed by atoms with van der Waals surface area (Å²) >= 11 is 0. The third kappa shape index (κ3) is 2.64. The van der Waals surface area contributed by atoms with Gasteiger partial charge in [-0.05, 0) is 25.0 Å². The first kappa shape index (κ1) is 16.5. The van der Waals surface area contributed by atoms with E-state index in [0.717, 1.165) is 11.3 Å². The van der Waals surface area contributed by atoms with Crippen molar-refractivity contribution >= 4 is 16.8 Å². The highest BCUT2D eigenvalue weighted by molar-refractivity contribution is 5.99. The van der Waals surface area contributed by atoms with E-state index in [0.29, 0.717) is 42.0 Å². The van der Waals surface area contributed by atoms with Gasteiger partial charge in [-0.25, -0.2) is 8.78 Å². The van der Waals surface area contributed by atoms with E-state index in [4.69, 9.17) is 0 Å². The zero-order valence-corrected chi connectivity index (χ0v) is 14.8. The Morgan fingerprint density at radius 3 is 2.89 bits per heavy atom. The fourth-order valence-electron chi connectivity index (χ4n) is 4.17. The number of amides is 1. The number of hydrogen-bond donors (Lipinski definition) is 2. The minimum atomic E-state index is -2.57. The summed E-state index contributed by atoms with van der Waals surface area (Å²) in [5, 5.41) is 8.03. The Hall–Kier alpha value is -2.70. The molecule has 5 rings (SSSR count). The predicted octanol–water partition coefficient (Wildman–Crippen LogP) is 4.29. The maximum atomic E-state index is 13.2. The van der Waals surface area contributed by atoms with Crippen LogP contribution in [0.5, 0.6) is 0 Å². The number of H-pyrrole nitrogens is 2. The maximum absolute atomic E-state index is 13.2. The van der Waals surface area contributed by atoms with Crippen molar-refractivity contribution in [1.29, 1.82) is 0 Å². The van der Waals surface area contributed by atoms with Gasteiger partial charge in [-0.1, -0.05) is 18.6 Å². The average molecular weight is 370 g/mol. The van der Waals surface area contributed by atoms with E-state index in [1.807, 2.05) is 0 Å². The molecule has 1 aromatic carbocycles. The normalized spacial score (nSPS) is 17.4. The van der Waals surface area contributed by atoms with Crippen LogP contribution in [-0.4, -0.2) is 32.5 Å². The molecule has 2 aliphatic rings. The van der Waals surface area contributed by atoms with Crippen molar-refractivity contribution in [3.8, 4) is 0 Å². The van der Waals surface area contributed by atoms with Crippen molar-refractivity contribution in [1.82, 2.24) is 20.1 Å². The molecule has 5 nitrogen and oxygen atoms in total. The molecule has 3 aromatic rings. The number of halogens is 2. The molecular formula is C20H20F2N4O. The lowest BCUT2D eigenvalue weighted by atomic mass is 9.81. The highest BCUT2D eigenvalue weighted by Crippen LogP contribution is 2.39. The lowest BCUT2D eigenvalue weighted by Gasteiger charge is -2.30. The third-order valence-corrected chi connectivity index (χ3v) is 5.92. The number of benzene rings is 1. The van der Waals surface area contributed by atoms with E-state index < -0.39 is 6.43 Å². The van der Waals surface area contributed by atoms with E-state index >= 15 is 0 Å². The maximum Gasteiger partial charge on any atom is 0.270 e. The zero-order valence-electron chi connectivity index (χ0n) is 14.8. The Morgan fingerprint density at radius 1 is 1.30 bits per heavy atom. The Bertz CT molecular complexity index is 1020. The number of alkyl halides is 2. The molecule has 7 heteroatoms. The summed E-state index contributed by atoms with van der Waals surface area (Å²) in [6.45, 7) is 1.10. The van der Waals surface area contributed by atoms with Crippen LogP contribution in [0, 0.1) is 0 Å². The molecule has 0 unspecified atom stereocenters. The van der Waals surface area contributed by atoms with E-state index in [-0.39, 0.29) is 11.5 Å². The molecule has 1 aliphatic heterocycles. The molecule has 1 saturated carbocycles. The van der Waals surface area contributed by atoms with Gasteiger partial charge in [-0.3, -0.25) is 9.89 Å². The molecule has 140 valence electrons. The summed E-state index contributed by atoms with van der Waals surface area (Å²) < 4.78 is 26.5. The summed E-state index contributed by atoms with van der Waals surface area (Å²) in [5.41, 5.74) is 4.24. The topological polar surface area (TPSA) is 64.8 Å². The Kier molecular flexibility index (Phi) is 3.77. The summed E-state index contributed by atoms with van der Waals surface area (Å²) in [4.78, 5) is 17.8. The second kappa shape index (κ2) is 6.18. The Labute approximate surface area is 154 Å². The minimum Gasteiger partial charge on any atom is -0.351 e. The highest BCUT2D eigenvalue weighted by Gasteiger charge is 2.31. The molecule has 0 radical (unpaired) electrons. The van der Waals surface area contributed by atoms with Gasteiger partial charge in [-0.2, -0.15) is 5.10 Å². The zero-order chi connectivity index (χ0) is 18.5. The molecule has 3 heterocycles. The van der Waals surface area contributed by atoms with Crippen LogP contribution < -0.4 is 0 Å². The van der Waals surface area contributed by atoms with Crippen LogP contribution in [0.4, 0.5) is 8.78 Å². The summed E-state index contributed by atoms with van der Waals surface area (Å²) in [7, 11) is 0. The van der Waals surface area contributed by atoms with E-state index in [2.05, 4.69) is 15.2 Å². The van der Waals surface area contributed by atoms with Crippen LogP contribution in [0.1, 0.15) is 64.6 Å². The standard InChI is InChI=1S/C20H20F2N4O/c21-19(22)12-5-2-6-15-13(12)9-17(23-15)20(27)26-8-7-16-14(10-26)18(25-24-16)11-3-1-4-11/h2,5-6,9,11,19,23H,1,3-4,7-8,10H2,(H,24,25). The second-order valence-electron chi connectivity index (χ2n) is 7.46. The first-order valence-electron chi connectivity index (χ1n) is 9.37. The van der Waals surface area contributed by atoms with Crippen molar-refractivity contribution in [3.63, 3.8) is 0 Å². The van der Waals surface area contributed by atoms with Gasteiger partial charge in [0.05, 0.1) is 5.69 Å². The fourth-order valence-corrected chi connectivity index (χ4v) is 4.17. The molecule has 1 aliphatic carbocycles. The molecule has 0 spiro atoms. The quantitative estimate of drug-likeness (QED) is 0.722. The highest BCUT2D eigenvalue weighted by atomic mass is 19.3. The number of aromatic nitrogens is 3. The van der Waals surface area contributed by atoms with Crippen LogP contribution >= 0.6 is 0 Å². The van der Waals surface area contributed by atoms with Crippen molar-refractivity contribution in [3.05, 3.63) is 52.5 Å². The van der Waals surface area contributed by atoms with E-state index in [1.54, 1.807) is 23.1 Å². The predicted molar refractivity (Wildman–Crippen MR) is 96.9 cm³/mol. The molecule has 1 amide bonds. The van der Waals surface area contributed by atoms with Gasteiger partial charge in [0, 0.05) is 53.2 Å². The van der Waals surface area contributed by atoms with Crippen molar-refractivity contribution in [2.45, 2.75) is 44.6 Å². The molecule has 0 saturated heterocycles. The average Bonchev–Trinajstić information content (AvgIpc) is 3.23. The van der Waals surface area contributed by atoms with Crippen LogP contribution in [-0.2, 0) is 13.0 Å². The Morgan fingerprint density at radius 2 is 2.15 bits per heavy atom. The van der Waals surface area contributed by atoms with E-state index in [1.165, 1.54) is 31.0 Å². The van der Waals surface area contributed by atoms with Gasteiger partial charge < -0.3 is 9.88 Å². The van der Waals surface area contributed by atoms with Gasteiger partial charge in [0.1, 0.15) is 5.69 Å². The summed E-state index contributed by atoms with van der Waals surface area (Å²) in [6.07, 6.45) is 1.72. The molecular weight excluding hydrogens is 350 g/mol. The first-order chi connectivity index (χ1) is 13.1. The fraction of sp³-hybridized carbons (Fsp3) is 0.400. The van der Waals surface area contributed by atoms with Gasteiger partial charge in [0.2, 0.25) is 0 Å². The van der Waals surface area contributed by atoms with Gasteiger partial charge in [0.15, 0.2) is 0 Å². The lowest BCUT2D eigenvalue weighted by Crippen LogP contribution is -2.36. The van der Waals surface area contributed by atoms with Gasteiger partial charge in [-0.15, -0.1) is 0 Å². The monoisotopic (exact) mass is 370 g/mol. The number of fused-ring (bicyclic) bond motifs is 2. The molecule has 2 N–H and O–H groups in total. The number of aromatic amines is 2. The lowest BCUT2D eigenvalue weighted by molar-refractivity contribution is 0.0728. The molecule has 2 aromatic heterocycles. The van der Waals surface area contributed by atoms with Crippen LogP contribution in [0.25, 0.3) is 10.9 Å². The van der Waals surface area contributed by atoms with Gasteiger partial charge >= 0.3 is 0 Å². The number of nitrogens with zero attached hydrogens (tertiary/aromatic N) is 2. The molecule has 0 bridgehead atoms. The summed E-state index contributed by atoms with van der Waals surface area (Å²) in [5.74, 6) is 0.371. The second-order valence-corrected chi connectivity index (χ2v) is 7.46. The van der Waals surface area contributed by atoms with Crippen molar-refractivity contribution in [2.75, 3.05) is 6.54 Å². The molecule has 27 heavy (non-hydrogen) atoms. The Balaban J connectivity index is 1.44. The van der Waals surface area contributed by atoms with Gasteiger partial charge in [0.25, 0.3) is 12.3 Å². The first-order valence-corrected chi connectivity index (χ1v) is 9.37. The van der Waals surface area contributed by atoms with Crippen LogP contribution in [0.15, 0.2) is 24.3 Å². The van der Waals surface area contributed by atoms with Crippen LogP contribution in [0.2, 0.25) is 0 Å². The largest absolute Gasteiger partial charge is 0.351 e. The molecule has 1 fully saturated rings. The minimum absolute atomic E-state index is 0.0502.